The summed E-state index contributed by atoms with van der Waals surface area (Å²) in [7, 11) is 0. The molecule has 0 bridgehead atoms. The molecule has 1 aromatic carbocycles. The zero-order chi connectivity index (χ0) is 19.4. The number of rotatable bonds is 5. The molecular weight excluding hydrogens is 377 g/mol. The molecule has 1 atom stereocenters. The van der Waals surface area contributed by atoms with Gasteiger partial charge in [0.25, 0.3) is 5.91 Å². The quantitative estimate of drug-likeness (QED) is 0.837. The van der Waals surface area contributed by atoms with Crippen molar-refractivity contribution in [2.75, 3.05) is 13.1 Å². The Morgan fingerprint density at radius 2 is 1.93 bits per heavy atom. The standard InChI is InChI=1S/C19H19F3N2O2S/c20-19(21,22)14-7-5-13(6-8-14)9-10-23-17(25)15-3-1-11-24(15)18(26)16-4-2-12-27-16/h2,4-8,12,15H,1,3,9-11H2,(H,23,25). The lowest BCUT2D eigenvalue weighted by molar-refractivity contribution is -0.137. The molecule has 1 aromatic heterocycles. The summed E-state index contributed by atoms with van der Waals surface area (Å²) in [6, 6.07) is 7.95. The van der Waals surface area contributed by atoms with Crippen LogP contribution in [0.4, 0.5) is 13.2 Å². The summed E-state index contributed by atoms with van der Waals surface area (Å²) < 4.78 is 37.7. The summed E-state index contributed by atoms with van der Waals surface area (Å²) in [5.41, 5.74) is 0.0187. The van der Waals surface area contributed by atoms with Crippen molar-refractivity contribution < 1.29 is 22.8 Å². The van der Waals surface area contributed by atoms with Crippen molar-refractivity contribution in [1.82, 2.24) is 10.2 Å². The van der Waals surface area contributed by atoms with E-state index in [1.807, 2.05) is 5.38 Å². The molecule has 4 nitrogen and oxygen atoms in total. The van der Waals surface area contributed by atoms with Crippen LogP contribution < -0.4 is 5.32 Å². The van der Waals surface area contributed by atoms with Crippen LogP contribution in [0.1, 0.15) is 33.6 Å². The molecule has 1 unspecified atom stereocenters. The van der Waals surface area contributed by atoms with E-state index in [9.17, 15) is 22.8 Å². The van der Waals surface area contributed by atoms with Gasteiger partial charge in [-0.1, -0.05) is 18.2 Å². The lowest BCUT2D eigenvalue weighted by Gasteiger charge is -2.23. The predicted octanol–water partition coefficient (Wildman–Crippen LogP) is 3.73. The third kappa shape index (κ3) is 4.68. The third-order valence-electron chi connectivity index (χ3n) is 4.54. The zero-order valence-electron chi connectivity index (χ0n) is 14.5. The largest absolute Gasteiger partial charge is 0.416 e. The van der Waals surface area contributed by atoms with Crippen LogP contribution in [0.2, 0.25) is 0 Å². The monoisotopic (exact) mass is 396 g/mol. The summed E-state index contributed by atoms with van der Waals surface area (Å²) in [4.78, 5) is 27.2. The van der Waals surface area contributed by atoms with Gasteiger partial charge in [0.05, 0.1) is 10.4 Å². The van der Waals surface area contributed by atoms with Crippen LogP contribution in [0, 0.1) is 0 Å². The fraction of sp³-hybridized carbons (Fsp3) is 0.368. The van der Waals surface area contributed by atoms with Crippen LogP contribution in [-0.4, -0.2) is 35.8 Å². The lowest BCUT2D eigenvalue weighted by atomic mass is 10.1. The first-order valence-corrected chi connectivity index (χ1v) is 9.52. The molecule has 1 fully saturated rings. The van der Waals surface area contributed by atoms with Crippen molar-refractivity contribution in [3.8, 4) is 0 Å². The number of thiophene rings is 1. The van der Waals surface area contributed by atoms with Gasteiger partial charge in [-0.3, -0.25) is 9.59 Å². The number of halogens is 3. The number of nitrogens with zero attached hydrogens (tertiary/aromatic N) is 1. The molecule has 1 aliphatic rings. The number of hydrogen-bond donors (Lipinski definition) is 1. The number of hydrogen-bond acceptors (Lipinski definition) is 3. The Morgan fingerprint density at radius 1 is 1.19 bits per heavy atom. The molecule has 3 rings (SSSR count). The molecule has 2 aromatic rings. The molecule has 2 amide bonds. The summed E-state index contributed by atoms with van der Waals surface area (Å²) in [5, 5.41) is 4.62. The van der Waals surface area contributed by atoms with Crippen molar-refractivity contribution in [3.05, 3.63) is 57.8 Å². The predicted molar refractivity (Wildman–Crippen MR) is 96.5 cm³/mol. The Morgan fingerprint density at radius 3 is 2.56 bits per heavy atom. The molecule has 1 aliphatic heterocycles. The fourth-order valence-electron chi connectivity index (χ4n) is 3.13. The Kier molecular flexibility index (Phi) is 5.84. The van der Waals surface area contributed by atoms with Crippen molar-refractivity contribution >= 4 is 23.2 Å². The van der Waals surface area contributed by atoms with Crippen molar-refractivity contribution in [1.29, 1.82) is 0 Å². The lowest BCUT2D eigenvalue weighted by Crippen LogP contribution is -2.46. The van der Waals surface area contributed by atoms with E-state index < -0.39 is 17.8 Å². The van der Waals surface area contributed by atoms with Crippen molar-refractivity contribution in [2.45, 2.75) is 31.5 Å². The van der Waals surface area contributed by atoms with Crippen LogP contribution in [0.5, 0.6) is 0 Å². The minimum atomic E-state index is -4.35. The molecule has 0 spiro atoms. The smallest absolute Gasteiger partial charge is 0.354 e. The number of carbonyl (C=O) groups is 2. The van der Waals surface area contributed by atoms with E-state index in [2.05, 4.69) is 5.32 Å². The highest BCUT2D eigenvalue weighted by molar-refractivity contribution is 7.12. The third-order valence-corrected chi connectivity index (χ3v) is 5.40. The van der Waals surface area contributed by atoms with E-state index in [1.54, 1.807) is 17.0 Å². The first kappa shape index (κ1) is 19.4. The van der Waals surface area contributed by atoms with E-state index in [1.165, 1.54) is 23.5 Å². The van der Waals surface area contributed by atoms with Crippen LogP contribution >= 0.6 is 11.3 Å². The SMILES string of the molecule is O=C(NCCc1ccc(C(F)(F)F)cc1)C1CCCN1C(=O)c1cccs1. The number of benzene rings is 1. The highest BCUT2D eigenvalue weighted by atomic mass is 32.1. The number of nitrogens with one attached hydrogen (secondary N) is 1. The molecule has 1 saturated heterocycles. The molecule has 0 saturated carbocycles. The molecular formula is C19H19F3N2O2S. The second-order valence-electron chi connectivity index (χ2n) is 6.37. The van der Waals surface area contributed by atoms with Gasteiger partial charge in [0.2, 0.25) is 5.91 Å². The highest BCUT2D eigenvalue weighted by Gasteiger charge is 2.34. The van der Waals surface area contributed by atoms with Crippen LogP contribution in [-0.2, 0) is 17.4 Å². The summed E-state index contributed by atoms with van der Waals surface area (Å²) >= 11 is 1.35. The van der Waals surface area contributed by atoms with Gasteiger partial charge < -0.3 is 10.2 Å². The number of likely N-dealkylation sites (tertiary alicyclic amines) is 1. The first-order valence-electron chi connectivity index (χ1n) is 8.64. The molecule has 8 heteroatoms. The van der Waals surface area contributed by atoms with Gasteiger partial charge in [0, 0.05) is 13.1 Å². The normalized spacial score (nSPS) is 17.1. The van der Waals surface area contributed by atoms with Gasteiger partial charge in [-0.15, -0.1) is 11.3 Å². The summed E-state index contributed by atoms with van der Waals surface area (Å²) in [6.07, 6.45) is -2.54. The van der Waals surface area contributed by atoms with E-state index >= 15 is 0 Å². The maximum Gasteiger partial charge on any atom is 0.416 e. The number of alkyl halides is 3. The van der Waals surface area contributed by atoms with Gasteiger partial charge in [-0.2, -0.15) is 13.2 Å². The second kappa shape index (κ2) is 8.12. The van der Waals surface area contributed by atoms with Gasteiger partial charge in [-0.25, -0.2) is 0 Å². The van der Waals surface area contributed by atoms with Crippen LogP contribution in [0.3, 0.4) is 0 Å². The Bertz CT molecular complexity index is 788. The fourth-order valence-corrected chi connectivity index (χ4v) is 3.81. The van der Waals surface area contributed by atoms with E-state index in [-0.39, 0.29) is 11.8 Å². The Hall–Kier alpha value is -2.35. The average Bonchev–Trinajstić information content (AvgIpc) is 3.32. The Balaban J connectivity index is 1.52. The summed E-state index contributed by atoms with van der Waals surface area (Å²) in [5.74, 6) is -0.352. The van der Waals surface area contributed by atoms with E-state index in [0.29, 0.717) is 36.4 Å². The molecule has 1 N–H and O–H groups in total. The van der Waals surface area contributed by atoms with Gasteiger partial charge in [0.1, 0.15) is 6.04 Å². The van der Waals surface area contributed by atoms with E-state index in [0.717, 1.165) is 18.6 Å². The first-order chi connectivity index (χ1) is 12.9. The van der Waals surface area contributed by atoms with Crippen LogP contribution in [0.15, 0.2) is 41.8 Å². The van der Waals surface area contributed by atoms with Gasteiger partial charge >= 0.3 is 6.18 Å². The molecule has 144 valence electrons. The minimum absolute atomic E-state index is 0.134. The molecule has 27 heavy (non-hydrogen) atoms. The highest BCUT2D eigenvalue weighted by Crippen LogP contribution is 2.29. The number of amides is 2. The summed E-state index contributed by atoms with van der Waals surface area (Å²) in [6.45, 7) is 0.857. The maximum atomic E-state index is 12.6. The van der Waals surface area contributed by atoms with Gasteiger partial charge in [-0.05, 0) is 48.4 Å². The molecule has 0 radical (unpaired) electrons. The van der Waals surface area contributed by atoms with Crippen LogP contribution in [0.25, 0.3) is 0 Å². The van der Waals surface area contributed by atoms with Gasteiger partial charge in [0.15, 0.2) is 0 Å². The second-order valence-corrected chi connectivity index (χ2v) is 7.32. The molecule has 2 heterocycles. The van der Waals surface area contributed by atoms with Crippen molar-refractivity contribution in [2.24, 2.45) is 0 Å². The van der Waals surface area contributed by atoms with Crippen molar-refractivity contribution in [3.63, 3.8) is 0 Å². The average molecular weight is 396 g/mol. The zero-order valence-corrected chi connectivity index (χ0v) is 15.3. The topological polar surface area (TPSA) is 49.4 Å². The molecule has 0 aliphatic carbocycles. The Labute approximate surface area is 159 Å². The van der Waals surface area contributed by atoms with E-state index in [4.69, 9.17) is 0 Å². The minimum Gasteiger partial charge on any atom is -0.354 e. The maximum absolute atomic E-state index is 12.6. The number of carbonyl (C=O) groups excluding carboxylic acids is 2.